The molecule has 1 aromatic heterocycles. The second-order valence-corrected chi connectivity index (χ2v) is 5.98. The Morgan fingerprint density at radius 2 is 2.17 bits per heavy atom. The van der Waals surface area contributed by atoms with Gasteiger partial charge >= 0.3 is 0 Å². The van der Waals surface area contributed by atoms with Crippen LogP contribution in [0, 0.1) is 29.1 Å². The van der Waals surface area contributed by atoms with Crippen LogP contribution in [0.25, 0.3) is 0 Å². The smallest absolute Gasteiger partial charge is 0.159 e. The summed E-state index contributed by atoms with van der Waals surface area (Å²) in [6.45, 7) is 5.79. The molecular formula is C14H19N3O. The van der Waals surface area contributed by atoms with Gasteiger partial charge in [0.25, 0.3) is 0 Å². The lowest BCUT2D eigenvalue weighted by molar-refractivity contribution is -0.130. The predicted molar refractivity (Wildman–Crippen MR) is 67.7 cm³/mol. The number of aryl methyl sites for hydroxylation is 2. The van der Waals surface area contributed by atoms with Gasteiger partial charge in [-0.2, -0.15) is 10.4 Å². The highest BCUT2D eigenvalue weighted by Crippen LogP contribution is 2.47. The van der Waals surface area contributed by atoms with Crippen LogP contribution >= 0.6 is 0 Å². The molecule has 1 aromatic rings. The molecule has 96 valence electrons. The van der Waals surface area contributed by atoms with E-state index in [1.54, 1.807) is 4.68 Å². The molecule has 1 aliphatic carbocycles. The first-order chi connectivity index (χ1) is 8.31. The van der Waals surface area contributed by atoms with Crippen molar-refractivity contribution in [2.24, 2.45) is 17.9 Å². The molecular weight excluding hydrogens is 226 g/mol. The predicted octanol–water partition coefficient (Wildman–Crippen LogP) is 2.17. The molecule has 1 saturated carbocycles. The lowest BCUT2D eigenvalue weighted by Gasteiger charge is -2.22. The van der Waals surface area contributed by atoms with Crippen LogP contribution in [0.15, 0.2) is 6.07 Å². The molecule has 0 aliphatic heterocycles. The van der Waals surface area contributed by atoms with E-state index >= 15 is 0 Å². The van der Waals surface area contributed by atoms with E-state index in [0.29, 0.717) is 12.8 Å². The Hall–Kier alpha value is -1.63. The Balaban J connectivity index is 2.35. The van der Waals surface area contributed by atoms with Crippen LogP contribution in [0.3, 0.4) is 0 Å². The second-order valence-electron chi connectivity index (χ2n) is 5.98. The average Bonchev–Trinajstić information content (AvgIpc) is 2.72. The number of hydrogen-bond donors (Lipinski definition) is 0. The highest BCUT2D eigenvalue weighted by Gasteiger charge is 2.52. The maximum Gasteiger partial charge on any atom is 0.159 e. The lowest BCUT2D eigenvalue weighted by atomic mass is 9.78. The third kappa shape index (κ3) is 1.84. The topological polar surface area (TPSA) is 58.7 Å². The van der Waals surface area contributed by atoms with E-state index < -0.39 is 5.41 Å². The van der Waals surface area contributed by atoms with Crippen LogP contribution in [-0.2, 0) is 18.3 Å². The first-order valence-electron chi connectivity index (χ1n) is 6.26. The van der Waals surface area contributed by atoms with E-state index in [-0.39, 0.29) is 11.2 Å². The van der Waals surface area contributed by atoms with E-state index in [9.17, 15) is 10.1 Å². The highest BCUT2D eigenvalue weighted by molar-refractivity contribution is 5.94. The Morgan fingerprint density at radius 1 is 1.50 bits per heavy atom. The number of aromatic nitrogens is 2. The number of rotatable bonds is 2. The molecule has 1 aliphatic rings. The van der Waals surface area contributed by atoms with Crippen LogP contribution in [-0.4, -0.2) is 15.6 Å². The minimum Gasteiger partial charge on any atom is -0.297 e. The van der Waals surface area contributed by atoms with Crippen molar-refractivity contribution in [3.05, 3.63) is 17.5 Å². The van der Waals surface area contributed by atoms with Crippen LogP contribution in [0.4, 0.5) is 0 Å². The van der Waals surface area contributed by atoms with Crippen molar-refractivity contribution in [1.82, 2.24) is 9.78 Å². The van der Waals surface area contributed by atoms with Crippen molar-refractivity contribution in [3.8, 4) is 6.07 Å². The summed E-state index contributed by atoms with van der Waals surface area (Å²) in [7, 11) is 1.86. The standard InChI is InChI=1S/C14H19N3O/c1-10-7-11(17(4)16-10)8-14(9-15)6-5-13(2,3)12(14)18/h7H,5-6,8H2,1-4H3. The molecule has 1 unspecified atom stereocenters. The number of ketones is 1. The van der Waals surface area contributed by atoms with Crippen molar-refractivity contribution in [3.63, 3.8) is 0 Å². The summed E-state index contributed by atoms with van der Waals surface area (Å²) in [5.41, 5.74) is 0.651. The van der Waals surface area contributed by atoms with Gasteiger partial charge in [-0.05, 0) is 25.8 Å². The lowest BCUT2D eigenvalue weighted by Crippen LogP contribution is -2.33. The van der Waals surface area contributed by atoms with Gasteiger partial charge in [0.2, 0.25) is 0 Å². The first-order valence-corrected chi connectivity index (χ1v) is 6.26. The normalized spacial score (nSPS) is 26.3. The third-order valence-corrected chi connectivity index (χ3v) is 4.02. The third-order valence-electron chi connectivity index (χ3n) is 4.02. The van der Waals surface area contributed by atoms with E-state index in [1.165, 1.54) is 0 Å². The van der Waals surface area contributed by atoms with Gasteiger partial charge < -0.3 is 0 Å². The Morgan fingerprint density at radius 3 is 2.56 bits per heavy atom. The molecule has 1 atom stereocenters. The number of nitriles is 1. The fourth-order valence-electron chi connectivity index (χ4n) is 2.85. The molecule has 18 heavy (non-hydrogen) atoms. The van der Waals surface area contributed by atoms with Gasteiger partial charge in [0.1, 0.15) is 5.41 Å². The quantitative estimate of drug-likeness (QED) is 0.802. The molecule has 2 rings (SSSR count). The zero-order chi connectivity index (χ0) is 13.6. The zero-order valence-electron chi connectivity index (χ0n) is 11.4. The Labute approximate surface area is 108 Å². The van der Waals surface area contributed by atoms with Gasteiger partial charge in [0, 0.05) is 24.6 Å². The molecule has 0 spiro atoms. The van der Waals surface area contributed by atoms with E-state index in [2.05, 4.69) is 11.2 Å². The molecule has 1 heterocycles. The van der Waals surface area contributed by atoms with Gasteiger partial charge in [-0.3, -0.25) is 9.48 Å². The van der Waals surface area contributed by atoms with Crippen molar-refractivity contribution < 1.29 is 4.79 Å². The molecule has 0 N–H and O–H groups in total. The minimum atomic E-state index is -0.857. The minimum absolute atomic E-state index is 0.0800. The van der Waals surface area contributed by atoms with Crippen molar-refractivity contribution in [1.29, 1.82) is 5.26 Å². The molecule has 0 amide bonds. The van der Waals surface area contributed by atoms with E-state index in [0.717, 1.165) is 17.8 Å². The summed E-state index contributed by atoms with van der Waals surface area (Å²) in [6.07, 6.45) is 1.92. The fraction of sp³-hybridized carbons (Fsp3) is 0.643. The fourth-order valence-corrected chi connectivity index (χ4v) is 2.85. The van der Waals surface area contributed by atoms with E-state index in [1.807, 2.05) is 33.9 Å². The highest BCUT2D eigenvalue weighted by atomic mass is 16.1. The molecule has 0 saturated heterocycles. The summed E-state index contributed by atoms with van der Waals surface area (Å²) in [5, 5.41) is 13.8. The molecule has 0 bridgehead atoms. The number of carbonyl (C=O) groups is 1. The van der Waals surface area contributed by atoms with Crippen LogP contribution in [0.1, 0.15) is 38.1 Å². The van der Waals surface area contributed by atoms with Gasteiger partial charge in [-0.25, -0.2) is 0 Å². The van der Waals surface area contributed by atoms with Crippen molar-refractivity contribution in [2.45, 2.75) is 40.0 Å². The summed E-state index contributed by atoms with van der Waals surface area (Å²) >= 11 is 0. The molecule has 1 fully saturated rings. The average molecular weight is 245 g/mol. The Kier molecular flexibility index (Phi) is 2.81. The van der Waals surface area contributed by atoms with Gasteiger partial charge in [-0.15, -0.1) is 0 Å². The van der Waals surface area contributed by atoms with E-state index in [4.69, 9.17) is 0 Å². The van der Waals surface area contributed by atoms with Crippen LogP contribution in [0.5, 0.6) is 0 Å². The van der Waals surface area contributed by atoms with Crippen LogP contribution in [0.2, 0.25) is 0 Å². The molecule has 4 nitrogen and oxygen atoms in total. The molecule has 0 radical (unpaired) electrons. The molecule has 0 aromatic carbocycles. The largest absolute Gasteiger partial charge is 0.297 e. The number of hydrogen-bond acceptors (Lipinski definition) is 3. The first kappa shape index (κ1) is 12.8. The van der Waals surface area contributed by atoms with Gasteiger partial charge in [0.05, 0.1) is 11.8 Å². The van der Waals surface area contributed by atoms with Gasteiger partial charge in [0.15, 0.2) is 5.78 Å². The summed E-state index contributed by atoms with van der Waals surface area (Å²) in [5.74, 6) is 0.0800. The van der Waals surface area contributed by atoms with Gasteiger partial charge in [-0.1, -0.05) is 13.8 Å². The Bertz CT molecular complexity index is 536. The summed E-state index contributed by atoms with van der Waals surface area (Å²) < 4.78 is 1.77. The number of nitrogens with zero attached hydrogens (tertiary/aromatic N) is 3. The van der Waals surface area contributed by atoms with Crippen LogP contribution < -0.4 is 0 Å². The monoisotopic (exact) mass is 245 g/mol. The maximum atomic E-state index is 12.5. The van der Waals surface area contributed by atoms with Crippen molar-refractivity contribution >= 4 is 5.78 Å². The van der Waals surface area contributed by atoms with Crippen molar-refractivity contribution in [2.75, 3.05) is 0 Å². The summed E-state index contributed by atoms with van der Waals surface area (Å²) in [6, 6.07) is 4.23. The molecule has 4 heteroatoms. The SMILES string of the molecule is Cc1cc(CC2(C#N)CCC(C)(C)C2=O)n(C)n1. The second kappa shape index (κ2) is 3.94. The zero-order valence-corrected chi connectivity index (χ0v) is 11.4. The maximum absolute atomic E-state index is 12.5. The number of Topliss-reactive ketones (excluding diaryl/α,β-unsaturated/α-hetero) is 1. The number of carbonyl (C=O) groups excluding carboxylic acids is 1. The summed E-state index contributed by atoms with van der Waals surface area (Å²) in [4.78, 5) is 12.5.